The molecular formula is C12H11F3O2. The molecule has 1 unspecified atom stereocenters. The van der Waals surface area contributed by atoms with E-state index in [2.05, 4.69) is 0 Å². The fourth-order valence-electron chi connectivity index (χ4n) is 2.02. The summed E-state index contributed by atoms with van der Waals surface area (Å²) in [5.41, 5.74) is -0.0620. The fourth-order valence-corrected chi connectivity index (χ4v) is 2.02. The van der Waals surface area contributed by atoms with E-state index in [1.165, 1.54) is 20.3 Å². The average molecular weight is 244 g/mol. The van der Waals surface area contributed by atoms with Crippen molar-refractivity contribution in [2.75, 3.05) is 14.2 Å². The topological polar surface area (TPSA) is 18.5 Å². The van der Waals surface area contributed by atoms with Crippen LogP contribution in [0.3, 0.4) is 0 Å². The van der Waals surface area contributed by atoms with E-state index < -0.39 is 17.8 Å². The molecule has 0 amide bonds. The number of rotatable bonds is 2. The number of hydrogen-bond donors (Lipinski definition) is 0. The molecular weight excluding hydrogens is 233 g/mol. The molecule has 0 saturated carbocycles. The van der Waals surface area contributed by atoms with Crippen LogP contribution in [0.4, 0.5) is 13.2 Å². The predicted molar refractivity (Wildman–Crippen MR) is 56.2 cm³/mol. The fraction of sp³-hybridized carbons (Fsp3) is 0.333. The van der Waals surface area contributed by atoms with Crippen LogP contribution < -0.4 is 0 Å². The van der Waals surface area contributed by atoms with Crippen LogP contribution in [-0.2, 0) is 15.7 Å². The molecule has 1 atom stereocenters. The quantitative estimate of drug-likeness (QED) is 0.793. The number of fused-ring (bicyclic) bond motifs is 1. The van der Waals surface area contributed by atoms with Gasteiger partial charge in [-0.2, -0.15) is 13.2 Å². The molecule has 0 aliphatic heterocycles. The molecule has 1 aliphatic carbocycles. The Morgan fingerprint density at radius 2 is 1.88 bits per heavy atom. The standard InChI is InChI=1S/C12H11F3O2/c1-16-9-6-7-4-3-5-8(12(13,14)15)10(7)11(9)17-2/h3-6,11H,1-2H3. The average Bonchev–Trinajstić information content (AvgIpc) is 2.64. The Balaban J connectivity index is 2.58. The highest BCUT2D eigenvalue weighted by molar-refractivity contribution is 5.66. The van der Waals surface area contributed by atoms with Gasteiger partial charge in [-0.05, 0) is 17.7 Å². The van der Waals surface area contributed by atoms with Crippen molar-refractivity contribution in [1.82, 2.24) is 0 Å². The Morgan fingerprint density at radius 3 is 2.41 bits per heavy atom. The highest BCUT2D eigenvalue weighted by Gasteiger charge is 2.39. The van der Waals surface area contributed by atoms with E-state index in [1.807, 2.05) is 0 Å². The first kappa shape index (κ1) is 12.0. The van der Waals surface area contributed by atoms with E-state index in [-0.39, 0.29) is 5.56 Å². The van der Waals surface area contributed by atoms with E-state index in [4.69, 9.17) is 9.47 Å². The first-order chi connectivity index (χ1) is 7.99. The SMILES string of the molecule is COC1=Cc2cccc(C(F)(F)F)c2C1OC. The Labute approximate surface area is 96.6 Å². The molecule has 1 aromatic carbocycles. The minimum absolute atomic E-state index is 0.124. The van der Waals surface area contributed by atoms with Gasteiger partial charge < -0.3 is 9.47 Å². The van der Waals surface area contributed by atoms with E-state index in [0.717, 1.165) is 6.07 Å². The van der Waals surface area contributed by atoms with Crippen molar-refractivity contribution in [3.05, 3.63) is 40.6 Å². The molecule has 1 aliphatic rings. The zero-order valence-electron chi connectivity index (χ0n) is 9.34. The van der Waals surface area contributed by atoms with Crippen molar-refractivity contribution in [3.63, 3.8) is 0 Å². The second-order valence-corrected chi connectivity index (χ2v) is 3.67. The van der Waals surface area contributed by atoms with Crippen LogP contribution in [0.1, 0.15) is 22.8 Å². The summed E-state index contributed by atoms with van der Waals surface area (Å²) in [6.07, 6.45) is -3.61. The van der Waals surface area contributed by atoms with Gasteiger partial charge in [0, 0.05) is 12.7 Å². The molecule has 2 nitrogen and oxygen atoms in total. The Morgan fingerprint density at radius 1 is 1.18 bits per heavy atom. The third kappa shape index (κ3) is 1.91. The summed E-state index contributed by atoms with van der Waals surface area (Å²) in [5, 5.41) is 0. The maximum Gasteiger partial charge on any atom is 0.416 e. The zero-order chi connectivity index (χ0) is 12.6. The molecule has 17 heavy (non-hydrogen) atoms. The lowest BCUT2D eigenvalue weighted by molar-refractivity contribution is -0.139. The third-order valence-corrected chi connectivity index (χ3v) is 2.74. The summed E-state index contributed by atoms with van der Waals surface area (Å²) in [7, 11) is 2.77. The van der Waals surface area contributed by atoms with E-state index in [1.54, 1.807) is 12.1 Å². The van der Waals surface area contributed by atoms with Crippen LogP contribution in [0, 0.1) is 0 Å². The summed E-state index contributed by atoms with van der Waals surface area (Å²) < 4.78 is 48.7. The molecule has 0 aromatic heterocycles. The Hall–Kier alpha value is -1.49. The van der Waals surface area contributed by atoms with Gasteiger partial charge in [-0.25, -0.2) is 0 Å². The van der Waals surface area contributed by atoms with E-state index in [9.17, 15) is 13.2 Å². The van der Waals surface area contributed by atoms with Crippen LogP contribution >= 0.6 is 0 Å². The van der Waals surface area contributed by atoms with Gasteiger partial charge in [0.25, 0.3) is 0 Å². The normalized spacial score (nSPS) is 18.9. The van der Waals surface area contributed by atoms with Crippen LogP contribution in [0.15, 0.2) is 24.0 Å². The van der Waals surface area contributed by atoms with Gasteiger partial charge >= 0.3 is 6.18 Å². The Bertz CT molecular complexity index is 463. The van der Waals surface area contributed by atoms with Gasteiger partial charge in [0.05, 0.1) is 12.7 Å². The lowest BCUT2D eigenvalue weighted by atomic mass is 10.0. The molecule has 0 radical (unpaired) electrons. The molecule has 2 rings (SSSR count). The molecule has 5 heteroatoms. The van der Waals surface area contributed by atoms with Gasteiger partial charge in [-0.3, -0.25) is 0 Å². The van der Waals surface area contributed by atoms with Crippen molar-refractivity contribution in [1.29, 1.82) is 0 Å². The molecule has 1 aromatic rings. The lowest BCUT2D eigenvalue weighted by Gasteiger charge is -2.18. The van der Waals surface area contributed by atoms with Crippen LogP contribution in [0.25, 0.3) is 6.08 Å². The van der Waals surface area contributed by atoms with Crippen molar-refractivity contribution >= 4 is 6.08 Å². The van der Waals surface area contributed by atoms with Gasteiger partial charge in [-0.15, -0.1) is 0 Å². The number of halogens is 3. The van der Waals surface area contributed by atoms with Crippen LogP contribution in [0.2, 0.25) is 0 Å². The number of alkyl halides is 3. The maximum atomic E-state index is 12.9. The highest BCUT2D eigenvalue weighted by atomic mass is 19.4. The number of hydrogen-bond acceptors (Lipinski definition) is 2. The maximum absolute atomic E-state index is 12.9. The van der Waals surface area contributed by atoms with Gasteiger partial charge in [0.1, 0.15) is 11.9 Å². The second kappa shape index (κ2) is 4.07. The molecule has 92 valence electrons. The molecule has 0 spiro atoms. The Kier molecular flexibility index (Phi) is 2.87. The molecule has 0 heterocycles. The molecule has 0 saturated heterocycles. The lowest BCUT2D eigenvalue weighted by Crippen LogP contribution is -2.13. The van der Waals surface area contributed by atoms with E-state index in [0.29, 0.717) is 11.3 Å². The highest BCUT2D eigenvalue weighted by Crippen LogP contribution is 2.44. The summed E-state index contributed by atoms with van der Waals surface area (Å²) in [5.74, 6) is 0.388. The van der Waals surface area contributed by atoms with Crippen molar-refractivity contribution in [3.8, 4) is 0 Å². The van der Waals surface area contributed by atoms with Crippen molar-refractivity contribution in [2.45, 2.75) is 12.3 Å². The molecule has 0 N–H and O–H groups in total. The summed E-state index contributed by atoms with van der Waals surface area (Å²) >= 11 is 0. The van der Waals surface area contributed by atoms with Crippen LogP contribution in [-0.4, -0.2) is 14.2 Å². The monoisotopic (exact) mass is 244 g/mol. The summed E-state index contributed by atoms with van der Waals surface area (Å²) in [4.78, 5) is 0. The number of ether oxygens (including phenoxy) is 2. The largest absolute Gasteiger partial charge is 0.498 e. The second-order valence-electron chi connectivity index (χ2n) is 3.67. The minimum atomic E-state index is -4.39. The summed E-state index contributed by atoms with van der Waals surface area (Å²) in [6.45, 7) is 0. The molecule has 0 fully saturated rings. The van der Waals surface area contributed by atoms with Gasteiger partial charge in [0.15, 0.2) is 0 Å². The molecule has 0 bridgehead atoms. The summed E-state index contributed by atoms with van der Waals surface area (Å²) in [6, 6.07) is 4.05. The van der Waals surface area contributed by atoms with Gasteiger partial charge in [0.2, 0.25) is 0 Å². The minimum Gasteiger partial charge on any atom is -0.498 e. The van der Waals surface area contributed by atoms with Crippen LogP contribution in [0.5, 0.6) is 0 Å². The first-order valence-electron chi connectivity index (χ1n) is 4.97. The zero-order valence-corrected chi connectivity index (χ0v) is 9.34. The number of methoxy groups -OCH3 is 2. The van der Waals surface area contributed by atoms with Gasteiger partial charge in [-0.1, -0.05) is 12.1 Å². The third-order valence-electron chi connectivity index (χ3n) is 2.74. The predicted octanol–water partition coefficient (Wildman–Crippen LogP) is 3.39. The van der Waals surface area contributed by atoms with E-state index >= 15 is 0 Å². The van der Waals surface area contributed by atoms with Crippen molar-refractivity contribution in [2.24, 2.45) is 0 Å². The smallest absolute Gasteiger partial charge is 0.416 e. The first-order valence-corrected chi connectivity index (χ1v) is 4.97. The van der Waals surface area contributed by atoms with Crippen molar-refractivity contribution < 1.29 is 22.6 Å². The number of benzene rings is 1.